The highest BCUT2D eigenvalue weighted by atomic mass is 32.2. The Hall–Kier alpha value is -1.49. The van der Waals surface area contributed by atoms with E-state index in [2.05, 4.69) is 5.32 Å². The maximum Gasteiger partial charge on any atom is 0.307 e. The van der Waals surface area contributed by atoms with Crippen LogP contribution in [-0.2, 0) is 9.59 Å². The van der Waals surface area contributed by atoms with Crippen LogP contribution in [0, 0.1) is 5.92 Å². The topological polar surface area (TPSA) is 66.4 Å². The molecule has 1 aliphatic carbocycles. The van der Waals surface area contributed by atoms with Crippen molar-refractivity contribution in [1.29, 1.82) is 0 Å². The van der Waals surface area contributed by atoms with Crippen LogP contribution >= 0.6 is 11.8 Å². The number of carboxylic acids is 1. The number of thioether (sulfide) groups is 1. The Bertz CT molecular complexity index is 514. The van der Waals surface area contributed by atoms with Crippen LogP contribution < -0.4 is 5.32 Å². The van der Waals surface area contributed by atoms with Gasteiger partial charge in [0.1, 0.15) is 0 Å². The van der Waals surface area contributed by atoms with Crippen molar-refractivity contribution in [3.05, 3.63) is 23.8 Å². The van der Waals surface area contributed by atoms with Crippen LogP contribution in [0.15, 0.2) is 23.1 Å². The van der Waals surface area contributed by atoms with Crippen LogP contribution in [0.4, 0.5) is 5.69 Å². The number of carbonyl (C=O) groups excluding carboxylic acids is 1. The van der Waals surface area contributed by atoms with E-state index >= 15 is 0 Å². The molecule has 17 heavy (non-hydrogen) atoms. The van der Waals surface area contributed by atoms with Crippen molar-refractivity contribution in [2.75, 3.05) is 11.1 Å². The van der Waals surface area contributed by atoms with E-state index in [1.807, 2.05) is 18.2 Å². The van der Waals surface area contributed by atoms with E-state index in [9.17, 15) is 9.59 Å². The van der Waals surface area contributed by atoms with Gasteiger partial charge in [-0.25, -0.2) is 0 Å². The van der Waals surface area contributed by atoms with E-state index < -0.39 is 5.97 Å². The molecular formula is C12H11NO3S. The number of carbonyl (C=O) groups is 2. The molecule has 2 unspecified atom stereocenters. The van der Waals surface area contributed by atoms with Gasteiger partial charge in [0.2, 0.25) is 5.91 Å². The number of aliphatic carboxylic acids is 1. The van der Waals surface area contributed by atoms with E-state index in [0.29, 0.717) is 5.75 Å². The van der Waals surface area contributed by atoms with Gasteiger partial charge in [-0.1, -0.05) is 6.07 Å². The number of anilines is 1. The molecule has 2 aliphatic rings. The zero-order valence-corrected chi connectivity index (χ0v) is 9.79. The molecule has 2 N–H and O–H groups in total. The fourth-order valence-electron chi connectivity index (χ4n) is 2.16. The Morgan fingerprint density at radius 3 is 3.00 bits per heavy atom. The van der Waals surface area contributed by atoms with Gasteiger partial charge in [-0.05, 0) is 30.0 Å². The van der Waals surface area contributed by atoms with Crippen molar-refractivity contribution in [1.82, 2.24) is 0 Å². The summed E-state index contributed by atoms with van der Waals surface area (Å²) in [4.78, 5) is 23.0. The second kappa shape index (κ2) is 3.77. The number of rotatable bonds is 2. The summed E-state index contributed by atoms with van der Waals surface area (Å²) in [6.45, 7) is 0. The number of fused-ring (bicyclic) bond motifs is 1. The number of nitrogens with one attached hydrogen (secondary N) is 1. The van der Waals surface area contributed by atoms with Crippen molar-refractivity contribution in [3.8, 4) is 0 Å². The lowest BCUT2D eigenvalue weighted by atomic mass is 10.1. The van der Waals surface area contributed by atoms with E-state index in [1.165, 1.54) is 11.8 Å². The first kappa shape index (κ1) is 10.7. The molecule has 3 rings (SSSR count). The van der Waals surface area contributed by atoms with Crippen molar-refractivity contribution in [2.45, 2.75) is 17.2 Å². The van der Waals surface area contributed by atoms with Gasteiger partial charge in [-0.2, -0.15) is 0 Å². The van der Waals surface area contributed by atoms with E-state index in [-0.39, 0.29) is 17.7 Å². The molecule has 4 nitrogen and oxygen atoms in total. The largest absolute Gasteiger partial charge is 0.481 e. The van der Waals surface area contributed by atoms with Crippen molar-refractivity contribution in [2.24, 2.45) is 5.92 Å². The Labute approximate surface area is 102 Å². The lowest BCUT2D eigenvalue weighted by Crippen LogP contribution is -2.18. The summed E-state index contributed by atoms with van der Waals surface area (Å²) in [5.74, 6) is -0.338. The van der Waals surface area contributed by atoms with Crippen molar-refractivity contribution >= 4 is 29.3 Å². The monoisotopic (exact) mass is 249 g/mol. The summed E-state index contributed by atoms with van der Waals surface area (Å²) < 4.78 is 0. The zero-order chi connectivity index (χ0) is 12.0. The number of hydrogen-bond acceptors (Lipinski definition) is 3. The number of amides is 1. The highest BCUT2D eigenvalue weighted by Gasteiger charge is 2.44. The summed E-state index contributed by atoms with van der Waals surface area (Å²) >= 11 is 1.51. The average Bonchev–Trinajstić information content (AvgIpc) is 3.08. The molecular weight excluding hydrogens is 238 g/mol. The third-order valence-electron chi connectivity index (χ3n) is 3.17. The quantitative estimate of drug-likeness (QED) is 0.840. The summed E-state index contributed by atoms with van der Waals surface area (Å²) in [6.07, 6.45) is 0.727. The third kappa shape index (κ3) is 1.91. The SMILES string of the molecule is O=C1CSc2cc(C3CC3C(=O)O)ccc2N1. The molecule has 1 aromatic rings. The summed E-state index contributed by atoms with van der Waals surface area (Å²) in [5.41, 5.74) is 1.90. The summed E-state index contributed by atoms with van der Waals surface area (Å²) in [6, 6.07) is 5.79. The van der Waals surface area contributed by atoms with Gasteiger partial charge in [0.25, 0.3) is 0 Å². The number of benzene rings is 1. The van der Waals surface area contributed by atoms with Crippen LogP contribution in [0.25, 0.3) is 0 Å². The lowest BCUT2D eigenvalue weighted by molar-refractivity contribution is -0.138. The first-order valence-electron chi connectivity index (χ1n) is 5.44. The number of hydrogen-bond donors (Lipinski definition) is 2. The van der Waals surface area contributed by atoms with Gasteiger partial charge >= 0.3 is 5.97 Å². The third-order valence-corrected chi connectivity index (χ3v) is 4.23. The highest BCUT2D eigenvalue weighted by Crippen LogP contribution is 2.49. The van der Waals surface area contributed by atoms with Gasteiger partial charge in [-0.3, -0.25) is 9.59 Å². The molecule has 2 atom stereocenters. The first-order valence-corrected chi connectivity index (χ1v) is 6.43. The Morgan fingerprint density at radius 2 is 2.29 bits per heavy atom. The molecule has 1 amide bonds. The predicted molar refractivity (Wildman–Crippen MR) is 64.3 cm³/mol. The smallest absolute Gasteiger partial charge is 0.307 e. The Balaban J connectivity index is 1.85. The molecule has 1 saturated carbocycles. The first-order chi connectivity index (χ1) is 8.15. The van der Waals surface area contributed by atoms with Crippen molar-refractivity contribution in [3.63, 3.8) is 0 Å². The van der Waals surface area contributed by atoms with Gasteiger partial charge in [0.15, 0.2) is 0 Å². The summed E-state index contributed by atoms with van der Waals surface area (Å²) in [5, 5.41) is 11.7. The molecule has 1 aliphatic heterocycles. The molecule has 5 heteroatoms. The van der Waals surface area contributed by atoms with Crippen molar-refractivity contribution < 1.29 is 14.7 Å². The fourth-order valence-corrected chi connectivity index (χ4v) is 3.01. The molecule has 1 fully saturated rings. The molecule has 0 spiro atoms. The maximum absolute atomic E-state index is 11.2. The van der Waals surface area contributed by atoms with Gasteiger partial charge < -0.3 is 10.4 Å². The highest BCUT2D eigenvalue weighted by molar-refractivity contribution is 8.00. The van der Waals surface area contributed by atoms with E-state index in [0.717, 1.165) is 22.6 Å². The lowest BCUT2D eigenvalue weighted by Gasteiger charge is -2.16. The second-order valence-corrected chi connectivity index (χ2v) is 5.40. The number of carboxylic acid groups (broad SMARTS) is 1. The minimum atomic E-state index is -0.714. The normalized spacial score (nSPS) is 26.0. The fraction of sp³-hybridized carbons (Fsp3) is 0.333. The molecule has 0 radical (unpaired) electrons. The summed E-state index contributed by atoms with van der Waals surface area (Å²) in [7, 11) is 0. The molecule has 1 aromatic carbocycles. The maximum atomic E-state index is 11.2. The van der Waals surface area contributed by atoms with Crippen LogP contribution in [0.3, 0.4) is 0 Å². The Morgan fingerprint density at radius 1 is 1.47 bits per heavy atom. The average molecular weight is 249 g/mol. The van der Waals surface area contributed by atoms with E-state index in [1.54, 1.807) is 0 Å². The minimum Gasteiger partial charge on any atom is -0.481 e. The molecule has 1 heterocycles. The van der Waals surface area contributed by atoms with Crippen LogP contribution in [-0.4, -0.2) is 22.7 Å². The van der Waals surface area contributed by atoms with Crippen LogP contribution in [0.5, 0.6) is 0 Å². The van der Waals surface area contributed by atoms with Gasteiger partial charge in [0.05, 0.1) is 17.4 Å². The van der Waals surface area contributed by atoms with E-state index in [4.69, 9.17) is 5.11 Å². The Kier molecular flexibility index (Phi) is 2.36. The minimum absolute atomic E-state index is 0.0186. The molecule has 0 saturated heterocycles. The van der Waals surface area contributed by atoms with Crippen LogP contribution in [0.1, 0.15) is 17.9 Å². The molecule has 88 valence electrons. The standard InChI is InChI=1S/C12H11NO3S/c14-11-5-17-10-3-6(1-2-9(10)13-11)7-4-8(7)12(15)16/h1-3,7-8H,4-5H2,(H,13,14)(H,15,16). The van der Waals surface area contributed by atoms with Gasteiger partial charge in [-0.15, -0.1) is 11.8 Å². The predicted octanol–water partition coefficient (Wildman–Crippen LogP) is 1.92. The molecule has 0 aromatic heterocycles. The second-order valence-electron chi connectivity index (χ2n) is 4.38. The van der Waals surface area contributed by atoms with Gasteiger partial charge in [0, 0.05) is 4.90 Å². The van der Waals surface area contributed by atoms with Crippen LogP contribution in [0.2, 0.25) is 0 Å². The zero-order valence-electron chi connectivity index (χ0n) is 8.97. The molecule has 0 bridgehead atoms.